The zero-order valence-electron chi connectivity index (χ0n) is 17.6. The van der Waals surface area contributed by atoms with Gasteiger partial charge < -0.3 is 25.2 Å². The van der Waals surface area contributed by atoms with Gasteiger partial charge in [-0.1, -0.05) is 48.5 Å². The van der Waals surface area contributed by atoms with Gasteiger partial charge in [-0.3, -0.25) is 9.59 Å². The van der Waals surface area contributed by atoms with Gasteiger partial charge in [0.25, 0.3) is 0 Å². The van der Waals surface area contributed by atoms with Gasteiger partial charge in [0.2, 0.25) is 5.91 Å². The second-order valence-electron chi connectivity index (χ2n) is 8.33. The molecule has 32 heavy (non-hydrogen) atoms. The molecular formula is C24H26N2O6. The van der Waals surface area contributed by atoms with E-state index in [1.54, 1.807) is 0 Å². The number of nitrogens with one attached hydrogen (secondary N) is 1. The number of aliphatic carboxylic acids is 1. The maximum absolute atomic E-state index is 12.2. The molecule has 1 aliphatic carbocycles. The largest absolute Gasteiger partial charge is 0.481 e. The van der Waals surface area contributed by atoms with E-state index < -0.39 is 18.2 Å². The zero-order chi connectivity index (χ0) is 22.7. The second-order valence-corrected chi connectivity index (χ2v) is 8.33. The highest BCUT2D eigenvalue weighted by molar-refractivity contribution is 5.79. The van der Waals surface area contributed by atoms with Crippen LogP contribution in [0.15, 0.2) is 48.5 Å². The Morgan fingerprint density at radius 1 is 1.03 bits per heavy atom. The van der Waals surface area contributed by atoms with Crippen molar-refractivity contribution in [2.75, 3.05) is 26.2 Å². The number of amides is 2. The standard InChI is InChI=1S/C24H26N2O6/c27-16(10-22(28)26-12-15(13-26)9-23(29)30)11-25-24(31)32-14-21-19-7-3-1-5-17(19)18-6-2-4-8-20(18)21/h1-8,15-16,21,27H,9-14H2,(H,25,31)(H,29,30). The third kappa shape index (κ3) is 4.75. The molecule has 3 N–H and O–H groups in total. The molecule has 8 nitrogen and oxygen atoms in total. The summed E-state index contributed by atoms with van der Waals surface area (Å²) >= 11 is 0. The number of hydrogen-bond acceptors (Lipinski definition) is 5. The number of nitrogens with zero attached hydrogens (tertiary/aromatic N) is 1. The highest BCUT2D eigenvalue weighted by atomic mass is 16.5. The predicted octanol–water partition coefficient (Wildman–Crippen LogP) is 2.21. The minimum absolute atomic E-state index is 0.0347. The molecule has 0 spiro atoms. The number of hydrogen-bond donors (Lipinski definition) is 3. The molecule has 168 valence electrons. The van der Waals surface area contributed by atoms with Crippen LogP contribution in [0.1, 0.15) is 29.9 Å². The monoisotopic (exact) mass is 438 g/mol. The first-order chi connectivity index (χ1) is 15.4. The van der Waals surface area contributed by atoms with Crippen LogP contribution in [-0.2, 0) is 14.3 Å². The maximum Gasteiger partial charge on any atom is 0.407 e. The van der Waals surface area contributed by atoms with Crippen LogP contribution in [0.4, 0.5) is 4.79 Å². The Bertz CT molecular complexity index is 972. The normalized spacial score (nSPS) is 16.0. The Hall–Kier alpha value is -3.39. The van der Waals surface area contributed by atoms with Crippen molar-refractivity contribution in [3.05, 3.63) is 59.7 Å². The van der Waals surface area contributed by atoms with Gasteiger partial charge in [-0.05, 0) is 22.3 Å². The number of carbonyl (C=O) groups is 3. The summed E-state index contributed by atoms with van der Waals surface area (Å²) < 4.78 is 5.41. The lowest BCUT2D eigenvalue weighted by atomic mass is 9.96. The number of alkyl carbamates (subject to hydrolysis) is 1. The summed E-state index contributed by atoms with van der Waals surface area (Å²) in [7, 11) is 0. The van der Waals surface area contributed by atoms with Crippen molar-refractivity contribution in [3.63, 3.8) is 0 Å². The van der Waals surface area contributed by atoms with Crippen LogP contribution in [0.5, 0.6) is 0 Å². The number of fused-ring (bicyclic) bond motifs is 3. The Labute approximate surface area is 185 Å². The number of ether oxygens (including phenoxy) is 1. The highest BCUT2D eigenvalue weighted by Crippen LogP contribution is 2.44. The minimum Gasteiger partial charge on any atom is -0.481 e. The van der Waals surface area contributed by atoms with Crippen molar-refractivity contribution in [1.82, 2.24) is 10.2 Å². The van der Waals surface area contributed by atoms with Crippen LogP contribution in [0.3, 0.4) is 0 Å². The van der Waals surface area contributed by atoms with E-state index in [1.165, 1.54) is 4.90 Å². The number of carboxylic acid groups (broad SMARTS) is 1. The first-order valence-electron chi connectivity index (χ1n) is 10.7. The lowest BCUT2D eigenvalue weighted by Crippen LogP contribution is -2.51. The Balaban J connectivity index is 1.21. The highest BCUT2D eigenvalue weighted by Gasteiger charge is 2.33. The summed E-state index contributed by atoms with van der Waals surface area (Å²) in [6.45, 7) is 0.845. The summed E-state index contributed by atoms with van der Waals surface area (Å²) in [6, 6.07) is 16.1. The summed E-state index contributed by atoms with van der Waals surface area (Å²) in [5.41, 5.74) is 4.51. The van der Waals surface area contributed by atoms with Crippen molar-refractivity contribution in [1.29, 1.82) is 0 Å². The number of rotatable bonds is 8. The fraction of sp³-hybridized carbons (Fsp3) is 0.375. The first-order valence-corrected chi connectivity index (χ1v) is 10.7. The average Bonchev–Trinajstić information content (AvgIpc) is 3.06. The lowest BCUT2D eigenvalue weighted by Gasteiger charge is -2.39. The van der Waals surface area contributed by atoms with Crippen LogP contribution < -0.4 is 5.32 Å². The van der Waals surface area contributed by atoms with Gasteiger partial charge in [-0.25, -0.2) is 4.79 Å². The molecule has 2 amide bonds. The number of carboxylic acids is 1. The molecule has 2 aliphatic rings. The van der Waals surface area contributed by atoms with Crippen molar-refractivity contribution >= 4 is 18.0 Å². The molecule has 0 radical (unpaired) electrons. The van der Waals surface area contributed by atoms with Crippen molar-refractivity contribution < 1.29 is 29.3 Å². The molecule has 1 unspecified atom stereocenters. The number of aliphatic hydroxyl groups is 1. The lowest BCUT2D eigenvalue weighted by molar-refractivity contribution is -0.146. The summed E-state index contributed by atoms with van der Waals surface area (Å²) in [4.78, 5) is 36.5. The van der Waals surface area contributed by atoms with Gasteiger partial charge in [-0.2, -0.15) is 0 Å². The van der Waals surface area contributed by atoms with E-state index in [0.29, 0.717) is 13.1 Å². The zero-order valence-corrected chi connectivity index (χ0v) is 17.6. The molecule has 0 aromatic heterocycles. The van der Waals surface area contributed by atoms with Crippen LogP contribution >= 0.6 is 0 Å². The Kier molecular flexibility index (Phi) is 6.41. The second kappa shape index (κ2) is 9.40. The molecule has 1 fully saturated rings. The number of likely N-dealkylation sites (tertiary alicyclic amines) is 1. The van der Waals surface area contributed by atoms with Crippen LogP contribution in [0.25, 0.3) is 11.1 Å². The molecule has 1 atom stereocenters. The maximum atomic E-state index is 12.2. The molecule has 2 aromatic rings. The molecular weight excluding hydrogens is 412 g/mol. The van der Waals surface area contributed by atoms with E-state index in [9.17, 15) is 19.5 Å². The van der Waals surface area contributed by atoms with Crippen LogP contribution in [0.2, 0.25) is 0 Å². The molecule has 0 bridgehead atoms. The smallest absolute Gasteiger partial charge is 0.407 e. The Morgan fingerprint density at radius 3 is 2.22 bits per heavy atom. The van der Waals surface area contributed by atoms with Gasteiger partial charge in [-0.15, -0.1) is 0 Å². The first kappa shape index (κ1) is 21.8. The van der Waals surface area contributed by atoms with E-state index in [-0.39, 0.29) is 43.7 Å². The third-order valence-corrected chi connectivity index (χ3v) is 6.01. The fourth-order valence-corrected chi connectivity index (χ4v) is 4.40. The minimum atomic E-state index is -1.04. The summed E-state index contributed by atoms with van der Waals surface area (Å²) in [5, 5.41) is 21.3. The third-order valence-electron chi connectivity index (χ3n) is 6.01. The van der Waals surface area contributed by atoms with Crippen molar-refractivity contribution in [3.8, 4) is 11.1 Å². The van der Waals surface area contributed by atoms with Gasteiger partial charge in [0.1, 0.15) is 6.61 Å². The Morgan fingerprint density at radius 2 is 1.62 bits per heavy atom. The van der Waals surface area contributed by atoms with Gasteiger partial charge in [0.15, 0.2) is 0 Å². The van der Waals surface area contributed by atoms with Crippen LogP contribution in [0, 0.1) is 5.92 Å². The molecule has 1 aliphatic heterocycles. The van der Waals surface area contributed by atoms with E-state index in [0.717, 1.165) is 22.3 Å². The molecule has 1 saturated heterocycles. The van der Waals surface area contributed by atoms with Crippen molar-refractivity contribution in [2.24, 2.45) is 5.92 Å². The van der Waals surface area contributed by atoms with Gasteiger partial charge >= 0.3 is 12.1 Å². The fourth-order valence-electron chi connectivity index (χ4n) is 4.40. The SMILES string of the molecule is O=C(O)CC1CN(C(=O)CC(O)CNC(=O)OCC2c3ccccc3-c3ccccc32)C1. The van der Waals surface area contributed by atoms with Crippen molar-refractivity contribution in [2.45, 2.75) is 24.9 Å². The van der Waals surface area contributed by atoms with E-state index >= 15 is 0 Å². The quantitative estimate of drug-likeness (QED) is 0.582. The summed E-state index contributed by atoms with van der Waals surface area (Å²) in [5.74, 6) is -1.22. The molecule has 0 saturated carbocycles. The number of carbonyl (C=O) groups excluding carboxylic acids is 2. The predicted molar refractivity (Wildman–Crippen MR) is 116 cm³/mol. The van der Waals surface area contributed by atoms with Gasteiger partial charge in [0.05, 0.1) is 18.9 Å². The van der Waals surface area contributed by atoms with Crippen LogP contribution in [-0.4, -0.2) is 65.4 Å². The molecule has 8 heteroatoms. The average molecular weight is 438 g/mol. The molecule has 1 heterocycles. The topological polar surface area (TPSA) is 116 Å². The van der Waals surface area contributed by atoms with Gasteiger partial charge in [0, 0.05) is 31.5 Å². The number of aliphatic hydroxyl groups excluding tert-OH is 1. The molecule has 4 rings (SSSR count). The molecule has 2 aromatic carbocycles. The number of benzene rings is 2. The van der Waals surface area contributed by atoms with E-state index in [2.05, 4.69) is 17.4 Å². The van der Waals surface area contributed by atoms with E-state index in [1.807, 2.05) is 36.4 Å². The van der Waals surface area contributed by atoms with E-state index in [4.69, 9.17) is 9.84 Å². The summed E-state index contributed by atoms with van der Waals surface area (Å²) in [6.07, 6.45) is -1.79.